The molecule has 0 aliphatic carbocycles. The summed E-state index contributed by atoms with van der Waals surface area (Å²) in [4.78, 5) is 3.89. The van der Waals surface area contributed by atoms with Gasteiger partial charge in [-0.05, 0) is 32.1 Å². The van der Waals surface area contributed by atoms with Crippen LogP contribution in [0.5, 0.6) is 5.75 Å². The van der Waals surface area contributed by atoms with E-state index in [0.717, 1.165) is 17.7 Å². The Hall–Kier alpha value is -2.21. The van der Waals surface area contributed by atoms with Gasteiger partial charge in [0.2, 0.25) is 11.6 Å². The lowest BCUT2D eigenvalue weighted by Crippen LogP contribution is -2.13. The number of aliphatic imine (C=N–C) groups is 1. The molecule has 0 heterocycles. The van der Waals surface area contributed by atoms with Crippen molar-refractivity contribution in [2.45, 2.75) is 13.8 Å². The maximum Gasteiger partial charge on any atom is 0.219 e. The van der Waals surface area contributed by atoms with Crippen LogP contribution in [0, 0.1) is 11.6 Å². The summed E-state index contributed by atoms with van der Waals surface area (Å²) < 4.78 is 32.0. The van der Waals surface area contributed by atoms with Gasteiger partial charge in [-0.2, -0.15) is 0 Å². The summed E-state index contributed by atoms with van der Waals surface area (Å²) >= 11 is 0. The first-order valence-electron chi connectivity index (χ1n) is 5.50. The van der Waals surface area contributed by atoms with Crippen molar-refractivity contribution in [1.82, 2.24) is 5.43 Å². The first-order valence-corrected chi connectivity index (χ1v) is 5.50. The average molecular weight is 267 g/mol. The number of rotatable bonds is 4. The van der Waals surface area contributed by atoms with Crippen molar-refractivity contribution in [1.29, 1.82) is 0 Å². The smallest absolute Gasteiger partial charge is 0.219 e. The maximum atomic E-state index is 13.4. The molecule has 1 aromatic rings. The topological polar surface area (TPSA) is 59.6 Å². The summed E-state index contributed by atoms with van der Waals surface area (Å²) in [5.41, 5.74) is 3.12. The summed E-state index contributed by atoms with van der Waals surface area (Å²) in [6.07, 6.45) is 4.21. The van der Waals surface area contributed by atoms with Crippen LogP contribution in [0.3, 0.4) is 0 Å². The third-order valence-corrected chi connectivity index (χ3v) is 1.91. The first-order chi connectivity index (χ1) is 9.04. The number of ether oxygens (including phenoxy) is 1. The van der Waals surface area contributed by atoms with E-state index >= 15 is 0 Å². The quantitative estimate of drug-likeness (QED) is 0.381. The molecule has 0 atom stereocenters. The lowest BCUT2D eigenvalue weighted by molar-refractivity contribution is 0.449. The molecule has 0 aliphatic heterocycles. The van der Waals surface area contributed by atoms with Gasteiger partial charge in [0.25, 0.3) is 0 Å². The predicted molar refractivity (Wildman–Crippen MR) is 70.3 cm³/mol. The lowest BCUT2D eigenvalue weighted by Gasteiger charge is -2.07. The highest BCUT2D eigenvalue weighted by molar-refractivity contribution is 5.90. The lowest BCUT2D eigenvalue weighted by atomic mass is 10.3. The zero-order chi connectivity index (χ0) is 14.3. The highest BCUT2D eigenvalue weighted by Gasteiger charge is 2.11. The number of para-hydroxylation sites is 1. The molecule has 1 rings (SSSR count). The van der Waals surface area contributed by atoms with E-state index in [0.29, 0.717) is 0 Å². The van der Waals surface area contributed by atoms with Crippen molar-refractivity contribution >= 4 is 5.90 Å². The second kappa shape index (κ2) is 7.27. The second-order valence-corrected chi connectivity index (χ2v) is 3.82. The normalized spacial score (nSPS) is 11.5. The number of hydrogen-bond acceptors (Lipinski definition) is 4. The minimum absolute atomic E-state index is 0.0514. The van der Waals surface area contributed by atoms with E-state index in [2.05, 4.69) is 10.4 Å². The molecule has 3 N–H and O–H groups in total. The molecule has 0 saturated carbocycles. The van der Waals surface area contributed by atoms with Crippen molar-refractivity contribution in [2.24, 2.45) is 10.8 Å². The van der Waals surface area contributed by atoms with E-state index in [1.54, 1.807) is 6.08 Å². The molecule has 0 bridgehead atoms. The molecule has 0 radical (unpaired) electrons. The van der Waals surface area contributed by atoms with Crippen LogP contribution in [-0.2, 0) is 0 Å². The minimum atomic E-state index is -0.796. The molecular weight excluding hydrogens is 252 g/mol. The van der Waals surface area contributed by atoms with E-state index in [1.807, 2.05) is 13.8 Å². The van der Waals surface area contributed by atoms with Crippen molar-refractivity contribution in [3.8, 4) is 5.75 Å². The molecule has 4 nitrogen and oxygen atoms in total. The van der Waals surface area contributed by atoms with Crippen LogP contribution in [0.4, 0.5) is 8.78 Å². The Morgan fingerprint density at radius 3 is 2.47 bits per heavy atom. The SMILES string of the molecule is CC(C)=C/C(=N\C=C\NN)Oc1c(F)cccc1F. The van der Waals surface area contributed by atoms with E-state index < -0.39 is 17.4 Å². The van der Waals surface area contributed by atoms with Gasteiger partial charge in [-0.25, -0.2) is 13.8 Å². The number of allylic oxidation sites excluding steroid dienone is 1. The minimum Gasteiger partial charge on any atom is -0.433 e. The maximum absolute atomic E-state index is 13.4. The van der Waals surface area contributed by atoms with E-state index in [4.69, 9.17) is 10.6 Å². The Balaban J connectivity index is 3.04. The summed E-state index contributed by atoms with van der Waals surface area (Å²) in [6.45, 7) is 3.61. The third-order valence-electron chi connectivity index (χ3n) is 1.91. The van der Waals surface area contributed by atoms with Crippen molar-refractivity contribution in [2.75, 3.05) is 0 Å². The summed E-state index contributed by atoms with van der Waals surface area (Å²) in [6, 6.07) is 3.47. The number of nitrogens with two attached hydrogens (primary N) is 1. The molecule has 0 saturated heterocycles. The monoisotopic (exact) mass is 267 g/mol. The van der Waals surface area contributed by atoms with Gasteiger partial charge in [-0.3, -0.25) is 5.84 Å². The predicted octanol–water partition coefficient (Wildman–Crippen LogP) is 2.64. The Morgan fingerprint density at radius 1 is 1.32 bits per heavy atom. The number of nitrogens with one attached hydrogen (secondary N) is 1. The molecule has 102 valence electrons. The largest absolute Gasteiger partial charge is 0.433 e. The molecule has 6 heteroatoms. The second-order valence-electron chi connectivity index (χ2n) is 3.82. The highest BCUT2D eigenvalue weighted by atomic mass is 19.1. The molecule has 0 fully saturated rings. The fourth-order valence-corrected chi connectivity index (χ4v) is 1.18. The Labute approximate surface area is 110 Å². The van der Waals surface area contributed by atoms with E-state index in [-0.39, 0.29) is 5.90 Å². The fourth-order valence-electron chi connectivity index (χ4n) is 1.18. The molecule has 0 aromatic heterocycles. The standard InChI is InChI=1S/C13H15F2N3O/c1-9(2)8-12(17-6-7-18-16)19-13-10(14)4-3-5-11(13)15/h3-8,18H,16H2,1-2H3/b7-6+,17-12+. The van der Waals surface area contributed by atoms with Gasteiger partial charge in [0.1, 0.15) is 0 Å². The summed E-state index contributed by atoms with van der Waals surface area (Å²) in [5.74, 6) is 3.00. The number of hydrogen-bond donors (Lipinski definition) is 2. The van der Waals surface area contributed by atoms with Crippen LogP contribution in [0.25, 0.3) is 0 Å². The molecule has 1 aromatic carbocycles. The van der Waals surface area contributed by atoms with Crippen molar-refractivity contribution in [3.05, 3.63) is 53.9 Å². The van der Waals surface area contributed by atoms with Gasteiger partial charge in [-0.15, -0.1) is 0 Å². The number of halogens is 2. The van der Waals surface area contributed by atoms with E-state index in [9.17, 15) is 8.78 Å². The average Bonchev–Trinajstić information content (AvgIpc) is 2.33. The molecule has 0 spiro atoms. The molecule has 0 amide bonds. The third kappa shape index (κ3) is 4.89. The molecule has 19 heavy (non-hydrogen) atoms. The molecular formula is C13H15F2N3O. The van der Waals surface area contributed by atoms with Crippen molar-refractivity contribution in [3.63, 3.8) is 0 Å². The van der Waals surface area contributed by atoms with Gasteiger partial charge < -0.3 is 10.2 Å². The Kier molecular flexibility index (Phi) is 5.69. The van der Waals surface area contributed by atoms with Gasteiger partial charge >= 0.3 is 0 Å². The Morgan fingerprint density at radius 2 is 1.95 bits per heavy atom. The van der Waals surface area contributed by atoms with Crippen LogP contribution in [-0.4, -0.2) is 5.90 Å². The fraction of sp³-hybridized carbons (Fsp3) is 0.154. The number of hydrazine groups is 1. The van der Waals surface area contributed by atoms with Crippen LogP contribution in [0.1, 0.15) is 13.8 Å². The molecule has 0 aliphatic rings. The van der Waals surface area contributed by atoms with Gasteiger partial charge in [0.05, 0.1) is 0 Å². The van der Waals surface area contributed by atoms with Gasteiger partial charge in [0.15, 0.2) is 11.6 Å². The van der Waals surface area contributed by atoms with Crippen LogP contribution in [0.2, 0.25) is 0 Å². The van der Waals surface area contributed by atoms with Crippen LogP contribution in [0.15, 0.2) is 47.2 Å². The van der Waals surface area contributed by atoms with Crippen LogP contribution < -0.4 is 16.0 Å². The van der Waals surface area contributed by atoms with E-state index in [1.165, 1.54) is 18.5 Å². The van der Waals surface area contributed by atoms with Gasteiger partial charge in [0, 0.05) is 12.4 Å². The van der Waals surface area contributed by atoms with Gasteiger partial charge in [-0.1, -0.05) is 11.6 Å². The number of benzene rings is 1. The highest BCUT2D eigenvalue weighted by Crippen LogP contribution is 2.21. The van der Waals surface area contributed by atoms with Crippen molar-refractivity contribution < 1.29 is 13.5 Å². The molecule has 0 unspecified atom stereocenters. The number of nitrogens with zero attached hydrogens (tertiary/aromatic N) is 1. The summed E-state index contributed by atoms with van der Waals surface area (Å²) in [5, 5.41) is 0. The van der Waals surface area contributed by atoms with Crippen LogP contribution >= 0.6 is 0 Å². The zero-order valence-corrected chi connectivity index (χ0v) is 10.7. The summed E-state index contributed by atoms with van der Waals surface area (Å²) in [7, 11) is 0. The zero-order valence-electron chi connectivity index (χ0n) is 10.7. The Bertz CT molecular complexity index is 500. The first kappa shape index (κ1) is 14.8.